The minimum Gasteiger partial charge on any atom is -0.309 e. The van der Waals surface area contributed by atoms with Gasteiger partial charge in [-0.1, -0.05) is 140 Å². The second-order valence-corrected chi connectivity index (χ2v) is 18.0. The highest BCUT2D eigenvalue weighted by molar-refractivity contribution is 7.25. The average molecular weight is 832 g/mol. The van der Waals surface area contributed by atoms with Gasteiger partial charge in [-0.2, -0.15) is 0 Å². The third-order valence-electron chi connectivity index (χ3n) is 13.4. The Morgan fingerprint density at radius 1 is 0.250 bits per heavy atom. The molecule has 0 aliphatic rings. The van der Waals surface area contributed by atoms with Crippen LogP contribution in [0.5, 0.6) is 0 Å². The third-order valence-corrected chi connectivity index (χ3v) is 14.6. The zero-order chi connectivity index (χ0) is 41.9. The Labute approximate surface area is 372 Å². The van der Waals surface area contributed by atoms with E-state index in [1.54, 1.807) is 0 Å². The molecule has 0 atom stereocenters. The lowest BCUT2D eigenvalue weighted by atomic mass is 9.98. The molecule has 0 unspecified atom stereocenters. The summed E-state index contributed by atoms with van der Waals surface area (Å²) < 4.78 is 9.96. The molecule has 4 heteroatoms. The van der Waals surface area contributed by atoms with Crippen LogP contribution in [-0.2, 0) is 0 Å². The lowest BCUT2D eigenvalue weighted by molar-refractivity contribution is 1.16. The highest BCUT2D eigenvalue weighted by Gasteiger charge is 2.21. The van der Waals surface area contributed by atoms with Crippen LogP contribution in [0.4, 0.5) is 0 Å². The van der Waals surface area contributed by atoms with Crippen molar-refractivity contribution in [1.29, 1.82) is 0 Å². The summed E-state index contributed by atoms with van der Waals surface area (Å²) in [5.74, 6) is 0. The van der Waals surface area contributed by atoms with Crippen molar-refractivity contribution in [1.82, 2.24) is 13.7 Å². The Morgan fingerprint density at radius 3 is 1.44 bits per heavy atom. The molecule has 0 aliphatic carbocycles. The summed E-state index contributed by atoms with van der Waals surface area (Å²) in [6, 6.07) is 82.7. The van der Waals surface area contributed by atoms with E-state index >= 15 is 0 Å². The summed E-state index contributed by atoms with van der Waals surface area (Å²) in [6.07, 6.45) is 0. The molecular weight excluding hydrogens is 795 g/mol. The standard InChI is InChI=1S/C60H37N3S/c1-2-14-38(15-3-1)39-16-12-17-40(34-39)41-28-33-58-50(35-41)60-56(26-13-27-59(60)64-58)63-54-25-11-6-20-46(54)48-31-29-43(37-57(48)63)62-53-24-10-7-21-47(53)49-36-42(30-32-55(49)62)61-51-22-8-4-18-44(51)45-19-5-9-23-52(45)61/h1-37H. The summed E-state index contributed by atoms with van der Waals surface area (Å²) in [6.45, 7) is 0. The molecule has 14 aromatic rings. The summed E-state index contributed by atoms with van der Waals surface area (Å²) in [5.41, 5.74) is 15.6. The smallest absolute Gasteiger partial charge is 0.0562 e. The number of fused-ring (bicyclic) bond motifs is 12. The molecule has 4 aromatic heterocycles. The van der Waals surface area contributed by atoms with Crippen LogP contribution in [0.2, 0.25) is 0 Å². The van der Waals surface area contributed by atoms with Crippen molar-refractivity contribution in [3.05, 3.63) is 224 Å². The Balaban J connectivity index is 0.977. The van der Waals surface area contributed by atoms with E-state index in [4.69, 9.17) is 0 Å². The molecule has 0 radical (unpaired) electrons. The first-order chi connectivity index (χ1) is 31.7. The van der Waals surface area contributed by atoms with E-state index in [2.05, 4.69) is 238 Å². The molecule has 0 spiro atoms. The molecule has 0 saturated carbocycles. The molecule has 0 amide bonds. The maximum Gasteiger partial charge on any atom is 0.0562 e. The van der Waals surface area contributed by atoms with E-state index in [1.165, 1.54) is 114 Å². The molecule has 10 aromatic carbocycles. The fraction of sp³-hybridized carbons (Fsp3) is 0. The van der Waals surface area contributed by atoms with Gasteiger partial charge in [0.1, 0.15) is 0 Å². The predicted molar refractivity (Wildman–Crippen MR) is 273 cm³/mol. The summed E-state index contributed by atoms with van der Waals surface area (Å²) >= 11 is 1.87. The van der Waals surface area contributed by atoms with Crippen LogP contribution in [0.15, 0.2) is 224 Å². The second-order valence-electron chi connectivity index (χ2n) is 16.9. The third kappa shape index (κ3) is 5.15. The van der Waals surface area contributed by atoms with Gasteiger partial charge in [-0.15, -0.1) is 11.3 Å². The Bertz CT molecular complexity index is 4140. The highest BCUT2D eigenvalue weighted by Crippen LogP contribution is 2.44. The number of hydrogen-bond acceptors (Lipinski definition) is 1. The van der Waals surface area contributed by atoms with Gasteiger partial charge in [0, 0.05) is 63.9 Å². The van der Waals surface area contributed by atoms with E-state index < -0.39 is 0 Å². The number of rotatable bonds is 5. The molecular formula is C60H37N3S. The van der Waals surface area contributed by atoms with Gasteiger partial charge in [0.15, 0.2) is 0 Å². The number of para-hydroxylation sites is 4. The van der Waals surface area contributed by atoms with Crippen LogP contribution in [-0.4, -0.2) is 13.7 Å². The lowest BCUT2D eigenvalue weighted by Crippen LogP contribution is -1.98. The first kappa shape index (κ1) is 35.4. The molecule has 4 heterocycles. The lowest BCUT2D eigenvalue weighted by Gasteiger charge is -2.13. The summed E-state index contributed by atoms with van der Waals surface area (Å²) in [4.78, 5) is 0. The second kappa shape index (κ2) is 13.7. The molecule has 3 nitrogen and oxygen atoms in total. The SMILES string of the molecule is c1ccc(-c2cccc(-c3ccc4sc5cccc(-n6c7ccccc7c7ccc(-n8c9ccccc9c9cc(-n%10c%11ccccc%11c%11ccccc%11%10)ccc98)cc76)c5c4c3)c2)cc1. The Kier molecular flexibility index (Phi) is 7.56. The minimum atomic E-state index is 1.13. The van der Waals surface area contributed by atoms with Gasteiger partial charge >= 0.3 is 0 Å². The molecule has 0 N–H and O–H groups in total. The molecule has 64 heavy (non-hydrogen) atoms. The normalized spacial score (nSPS) is 12.1. The van der Waals surface area contributed by atoms with Gasteiger partial charge in [0.05, 0.1) is 38.8 Å². The Hall–Kier alpha value is -8.18. The fourth-order valence-corrected chi connectivity index (χ4v) is 11.7. The monoisotopic (exact) mass is 831 g/mol. The fourth-order valence-electron chi connectivity index (χ4n) is 10.6. The number of thiophene rings is 1. The maximum atomic E-state index is 2.51. The van der Waals surface area contributed by atoms with Crippen LogP contribution in [0.25, 0.3) is 125 Å². The maximum absolute atomic E-state index is 2.51. The van der Waals surface area contributed by atoms with Gasteiger partial charge in [-0.05, 0) is 107 Å². The van der Waals surface area contributed by atoms with E-state index in [0.29, 0.717) is 0 Å². The van der Waals surface area contributed by atoms with E-state index in [1.807, 2.05) is 11.3 Å². The van der Waals surface area contributed by atoms with Crippen molar-refractivity contribution < 1.29 is 0 Å². The molecule has 298 valence electrons. The van der Waals surface area contributed by atoms with Crippen LogP contribution in [0.3, 0.4) is 0 Å². The molecule has 0 bridgehead atoms. The van der Waals surface area contributed by atoms with Gasteiger partial charge in [-0.3, -0.25) is 0 Å². The largest absolute Gasteiger partial charge is 0.309 e. The molecule has 0 aliphatic heterocycles. The van der Waals surface area contributed by atoms with Crippen LogP contribution >= 0.6 is 11.3 Å². The van der Waals surface area contributed by atoms with Gasteiger partial charge in [-0.25, -0.2) is 0 Å². The molecule has 14 rings (SSSR count). The van der Waals surface area contributed by atoms with Crippen LogP contribution < -0.4 is 0 Å². The van der Waals surface area contributed by atoms with Gasteiger partial charge < -0.3 is 13.7 Å². The van der Waals surface area contributed by atoms with Gasteiger partial charge in [0.2, 0.25) is 0 Å². The van der Waals surface area contributed by atoms with Crippen molar-refractivity contribution in [2.75, 3.05) is 0 Å². The van der Waals surface area contributed by atoms with E-state index in [9.17, 15) is 0 Å². The highest BCUT2D eigenvalue weighted by atomic mass is 32.1. The van der Waals surface area contributed by atoms with Crippen molar-refractivity contribution in [3.8, 4) is 39.3 Å². The van der Waals surface area contributed by atoms with E-state index in [0.717, 1.165) is 11.4 Å². The first-order valence-electron chi connectivity index (χ1n) is 21.9. The first-order valence-corrected chi connectivity index (χ1v) is 22.7. The van der Waals surface area contributed by atoms with Crippen molar-refractivity contribution in [2.24, 2.45) is 0 Å². The minimum absolute atomic E-state index is 1.13. The summed E-state index contributed by atoms with van der Waals surface area (Å²) in [5, 5.41) is 10.1. The quantitative estimate of drug-likeness (QED) is 0.164. The average Bonchev–Trinajstić information content (AvgIpc) is 4.10. The number of aromatic nitrogens is 3. The number of hydrogen-bond donors (Lipinski definition) is 0. The van der Waals surface area contributed by atoms with Crippen LogP contribution in [0, 0.1) is 0 Å². The molecule has 0 fully saturated rings. The topological polar surface area (TPSA) is 14.8 Å². The van der Waals surface area contributed by atoms with Crippen molar-refractivity contribution in [3.63, 3.8) is 0 Å². The number of nitrogens with zero attached hydrogens (tertiary/aromatic N) is 3. The predicted octanol–water partition coefficient (Wildman–Crippen LogP) is 16.7. The van der Waals surface area contributed by atoms with E-state index in [-0.39, 0.29) is 0 Å². The zero-order valence-corrected chi connectivity index (χ0v) is 35.4. The zero-order valence-electron chi connectivity index (χ0n) is 34.6. The molecule has 0 saturated heterocycles. The van der Waals surface area contributed by atoms with Crippen molar-refractivity contribution in [2.45, 2.75) is 0 Å². The van der Waals surface area contributed by atoms with Crippen LogP contribution in [0.1, 0.15) is 0 Å². The summed E-state index contributed by atoms with van der Waals surface area (Å²) in [7, 11) is 0. The van der Waals surface area contributed by atoms with Gasteiger partial charge in [0.25, 0.3) is 0 Å². The number of benzene rings is 10. The Morgan fingerprint density at radius 2 is 0.750 bits per heavy atom. The van der Waals surface area contributed by atoms with Crippen molar-refractivity contribution >= 4 is 96.9 Å².